The van der Waals surface area contributed by atoms with E-state index in [0.717, 1.165) is 18.2 Å². The van der Waals surface area contributed by atoms with Gasteiger partial charge < -0.3 is 10.1 Å². The van der Waals surface area contributed by atoms with Crippen molar-refractivity contribution < 1.29 is 13.7 Å². The summed E-state index contributed by atoms with van der Waals surface area (Å²) in [5.74, 6) is -1.53. The highest BCUT2D eigenvalue weighted by molar-refractivity contribution is 5.36. The van der Waals surface area contributed by atoms with Crippen molar-refractivity contribution in [3.63, 3.8) is 0 Å². The summed E-state index contributed by atoms with van der Waals surface area (Å²) in [6.07, 6.45) is 1.34. The number of rotatable bonds is 3. The highest BCUT2D eigenvalue weighted by Crippen LogP contribution is 2.21. The molecule has 0 saturated carbocycles. The third kappa shape index (κ3) is 2.34. The average molecular weight is 253 g/mol. The fourth-order valence-electron chi connectivity index (χ4n) is 1.69. The summed E-state index contributed by atoms with van der Waals surface area (Å²) in [6.45, 7) is 0. The lowest BCUT2D eigenvalue weighted by atomic mass is 10.1. The van der Waals surface area contributed by atoms with Gasteiger partial charge >= 0.3 is 5.82 Å². The van der Waals surface area contributed by atoms with Crippen LogP contribution in [-0.4, -0.2) is 14.7 Å². The van der Waals surface area contributed by atoms with Crippen LogP contribution < -0.4 is 0 Å². The molecule has 0 amide bonds. The zero-order chi connectivity index (χ0) is 13.3. The Labute approximate surface area is 101 Å². The maximum absolute atomic E-state index is 13.4. The first kappa shape index (κ1) is 12.2. The number of aryl methyl sites for hydroxylation is 1. The first-order chi connectivity index (χ1) is 8.47. The molecular weight excluding hydrogens is 244 g/mol. The van der Waals surface area contributed by atoms with Crippen LogP contribution >= 0.6 is 0 Å². The molecule has 7 heteroatoms. The largest absolute Gasteiger partial charge is 0.393 e. The molecule has 0 aliphatic carbocycles. The summed E-state index contributed by atoms with van der Waals surface area (Å²) in [4.78, 5) is 10.1. The minimum absolute atomic E-state index is 0.0612. The van der Waals surface area contributed by atoms with E-state index < -0.39 is 16.6 Å². The van der Waals surface area contributed by atoms with E-state index in [1.807, 2.05) is 0 Å². The molecule has 0 bridgehead atoms. The van der Waals surface area contributed by atoms with Crippen LogP contribution in [0.2, 0.25) is 0 Å². The van der Waals surface area contributed by atoms with Crippen LogP contribution in [-0.2, 0) is 13.5 Å². The van der Waals surface area contributed by atoms with Gasteiger partial charge in [0.15, 0.2) is 0 Å². The average Bonchev–Trinajstić information content (AvgIpc) is 2.65. The first-order valence-corrected chi connectivity index (χ1v) is 5.08. The van der Waals surface area contributed by atoms with Crippen molar-refractivity contribution in [2.24, 2.45) is 7.05 Å². The second-order valence-electron chi connectivity index (χ2n) is 3.82. The molecule has 2 rings (SSSR count). The molecule has 0 aliphatic heterocycles. The standard InChI is InChI=1S/C11H9F2N3O2/c1-15-6-8(11(14-15)16(17)18)4-7-5-9(12)2-3-10(7)13/h2-3,5-6H,4H2,1H3. The predicted molar refractivity (Wildman–Crippen MR) is 59.0 cm³/mol. The molecule has 1 aromatic heterocycles. The van der Waals surface area contributed by atoms with Crippen LogP contribution in [0.3, 0.4) is 0 Å². The van der Waals surface area contributed by atoms with Gasteiger partial charge in [-0.25, -0.2) is 8.78 Å². The molecule has 5 nitrogen and oxygen atoms in total. The Balaban J connectivity index is 2.39. The van der Waals surface area contributed by atoms with E-state index in [0.29, 0.717) is 0 Å². The fourth-order valence-corrected chi connectivity index (χ4v) is 1.69. The molecule has 0 unspecified atom stereocenters. The molecule has 0 fully saturated rings. The lowest BCUT2D eigenvalue weighted by molar-refractivity contribution is -0.390. The Morgan fingerprint density at radius 1 is 1.39 bits per heavy atom. The van der Waals surface area contributed by atoms with Crippen molar-refractivity contribution in [2.45, 2.75) is 6.42 Å². The summed E-state index contributed by atoms with van der Waals surface area (Å²) in [5.41, 5.74) is 0.304. The molecule has 0 N–H and O–H groups in total. The molecule has 2 aromatic rings. The quantitative estimate of drug-likeness (QED) is 0.622. The number of hydrogen-bond acceptors (Lipinski definition) is 3. The normalized spacial score (nSPS) is 10.6. The van der Waals surface area contributed by atoms with E-state index in [4.69, 9.17) is 0 Å². The van der Waals surface area contributed by atoms with E-state index >= 15 is 0 Å². The summed E-state index contributed by atoms with van der Waals surface area (Å²) in [5, 5.41) is 14.4. The molecule has 94 valence electrons. The van der Waals surface area contributed by atoms with Crippen LogP contribution in [0.25, 0.3) is 0 Å². The Kier molecular flexibility index (Phi) is 3.05. The summed E-state index contributed by atoms with van der Waals surface area (Å²) < 4.78 is 27.7. The number of aromatic nitrogens is 2. The molecule has 0 spiro atoms. The van der Waals surface area contributed by atoms with Gasteiger partial charge in [0.05, 0.1) is 23.9 Å². The zero-order valence-corrected chi connectivity index (χ0v) is 9.43. The van der Waals surface area contributed by atoms with Crippen LogP contribution in [0, 0.1) is 21.7 Å². The maximum atomic E-state index is 13.4. The first-order valence-electron chi connectivity index (χ1n) is 5.08. The van der Waals surface area contributed by atoms with Gasteiger partial charge in [-0.05, 0) is 28.7 Å². The molecule has 1 heterocycles. The third-order valence-electron chi connectivity index (χ3n) is 2.44. The summed E-state index contributed by atoms with van der Waals surface area (Å²) in [7, 11) is 1.53. The molecular formula is C11H9F2N3O2. The monoisotopic (exact) mass is 253 g/mol. The molecule has 0 atom stereocenters. The molecule has 0 aliphatic rings. The van der Waals surface area contributed by atoms with Gasteiger partial charge in [0.1, 0.15) is 11.6 Å². The van der Waals surface area contributed by atoms with Gasteiger partial charge in [0.2, 0.25) is 0 Å². The van der Waals surface area contributed by atoms with Gasteiger partial charge in [-0.3, -0.25) is 0 Å². The number of nitrogens with zero attached hydrogens (tertiary/aromatic N) is 3. The Bertz CT molecular complexity index is 610. The molecule has 0 radical (unpaired) electrons. The number of benzene rings is 1. The van der Waals surface area contributed by atoms with Crippen molar-refractivity contribution >= 4 is 5.82 Å². The van der Waals surface area contributed by atoms with Crippen LogP contribution in [0.5, 0.6) is 0 Å². The van der Waals surface area contributed by atoms with Crippen molar-refractivity contribution in [2.75, 3.05) is 0 Å². The van der Waals surface area contributed by atoms with Crippen LogP contribution in [0.15, 0.2) is 24.4 Å². The Morgan fingerprint density at radius 3 is 2.78 bits per heavy atom. The highest BCUT2D eigenvalue weighted by Gasteiger charge is 2.20. The smallest absolute Gasteiger partial charge is 0.358 e. The van der Waals surface area contributed by atoms with E-state index in [2.05, 4.69) is 5.10 Å². The molecule has 1 aromatic carbocycles. The lowest BCUT2D eigenvalue weighted by Crippen LogP contribution is -1.97. The van der Waals surface area contributed by atoms with E-state index in [1.54, 1.807) is 0 Å². The van der Waals surface area contributed by atoms with Crippen LogP contribution in [0.1, 0.15) is 11.1 Å². The van der Waals surface area contributed by atoms with E-state index in [9.17, 15) is 18.9 Å². The lowest BCUT2D eigenvalue weighted by Gasteiger charge is -2.01. The van der Waals surface area contributed by atoms with Crippen molar-refractivity contribution in [3.05, 3.63) is 57.3 Å². The van der Waals surface area contributed by atoms with Gasteiger partial charge in [0.25, 0.3) is 0 Å². The topological polar surface area (TPSA) is 61.0 Å². The third-order valence-corrected chi connectivity index (χ3v) is 2.44. The highest BCUT2D eigenvalue weighted by atomic mass is 19.1. The summed E-state index contributed by atoms with van der Waals surface area (Å²) >= 11 is 0. The second kappa shape index (κ2) is 4.52. The van der Waals surface area contributed by atoms with Gasteiger partial charge in [0, 0.05) is 6.42 Å². The van der Waals surface area contributed by atoms with Gasteiger partial charge in [-0.1, -0.05) is 0 Å². The van der Waals surface area contributed by atoms with E-state index in [1.165, 1.54) is 17.9 Å². The maximum Gasteiger partial charge on any atom is 0.393 e. The van der Waals surface area contributed by atoms with Gasteiger partial charge in [-0.15, -0.1) is 0 Å². The Morgan fingerprint density at radius 2 is 2.11 bits per heavy atom. The van der Waals surface area contributed by atoms with Crippen molar-refractivity contribution in [1.82, 2.24) is 9.78 Å². The minimum atomic E-state index is -0.646. The van der Waals surface area contributed by atoms with E-state index in [-0.39, 0.29) is 23.4 Å². The van der Waals surface area contributed by atoms with Crippen molar-refractivity contribution in [1.29, 1.82) is 0 Å². The Hall–Kier alpha value is -2.31. The van der Waals surface area contributed by atoms with Crippen molar-refractivity contribution in [3.8, 4) is 0 Å². The second-order valence-corrected chi connectivity index (χ2v) is 3.82. The van der Waals surface area contributed by atoms with Gasteiger partial charge in [-0.2, -0.15) is 4.68 Å². The molecule has 0 saturated heterocycles. The minimum Gasteiger partial charge on any atom is -0.358 e. The number of halogens is 2. The molecule has 18 heavy (non-hydrogen) atoms. The van der Waals surface area contributed by atoms with Crippen LogP contribution in [0.4, 0.5) is 14.6 Å². The summed E-state index contributed by atoms with van der Waals surface area (Å²) in [6, 6.07) is 3.01. The predicted octanol–water partition coefficient (Wildman–Crippen LogP) is 2.20. The number of nitro groups is 1. The fraction of sp³-hybridized carbons (Fsp3) is 0.182. The zero-order valence-electron chi connectivity index (χ0n) is 9.43. The number of hydrogen-bond donors (Lipinski definition) is 0. The SMILES string of the molecule is Cn1cc(Cc2cc(F)ccc2F)c([N+](=O)[O-])n1.